The second-order valence-electron chi connectivity index (χ2n) is 10.1. The lowest BCUT2D eigenvalue weighted by atomic mass is 10.00. The van der Waals surface area contributed by atoms with Gasteiger partial charge in [-0.25, -0.2) is 4.68 Å². The molecule has 0 aliphatic rings. The Morgan fingerprint density at radius 2 is 1.83 bits per heavy atom. The van der Waals surface area contributed by atoms with Crippen molar-refractivity contribution < 1.29 is 4.42 Å². The van der Waals surface area contributed by atoms with E-state index in [1.165, 1.54) is 0 Å². The first-order valence-electron chi connectivity index (χ1n) is 12.0. The van der Waals surface area contributed by atoms with E-state index in [0.29, 0.717) is 24.5 Å². The summed E-state index contributed by atoms with van der Waals surface area (Å²) in [7, 11) is 0. The molecule has 5 aromatic rings. The van der Waals surface area contributed by atoms with Crippen LogP contribution in [0.15, 0.2) is 82.2 Å². The van der Waals surface area contributed by atoms with Gasteiger partial charge in [0.1, 0.15) is 11.8 Å². The highest BCUT2D eigenvalue weighted by Crippen LogP contribution is 2.32. The van der Waals surface area contributed by atoms with Crippen molar-refractivity contribution in [2.45, 2.75) is 52.4 Å². The number of hydrogen-bond acceptors (Lipinski definition) is 6. The van der Waals surface area contributed by atoms with Gasteiger partial charge in [0.2, 0.25) is 0 Å². The summed E-state index contributed by atoms with van der Waals surface area (Å²) in [5.74, 6) is 1.39. The summed E-state index contributed by atoms with van der Waals surface area (Å²) in [6.07, 6.45) is 1.66. The Labute approximate surface area is 209 Å². The molecule has 1 unspecified atom stereocenters. The van der Waals surface area contributed by atoms with E-state index in [2.05, 4.69) is 37.5 Å². The third kappa shape index (κ3) is 4.72. The van der Waals surface area contributed by atoms with Gasteiger partial charge in [-0.1, -0.05) is 48.5 Å². The average molecular weight is 483 g/mol. The molecule has 1 atom stereocenters. The largest absolute Gasteiger partial charge is 0.468 e. The summed E-state index contributed by atoms with van der Waals surface area (Å²) in [5.41, 5.74) is 2.99. The second-order valence-corrected chi connectivity index (χ2v) is 10.1. The molecule has 2 aromatic carbocycles. The van der Waals surface area contributed by atoms with Gasteiger partial charge < -0.3 is 9.40 Å². The van der Waals surface area contributed by atoms with Gasteiger partial charge in [0.15, 0.2) is 5.82 Å². The maximum atomic E-state index is 13.7. The number of H-pyrrole nitrogens is 1. The molecule has 3 aromatic heterocycles. The van der Waals surface area contributed by atoms with E-state index in [1.54, 1.807) is 10.9 Å². The molecule has 0 radical (unpaired) electrons. The van der Waals surface area contributed by atoms with Gasteiger partial charge in [-0.2, -0.15) is 0 Å². The Bertz CT molecular complexity index is 1510. The van der Waals surface area contributed by atoms with Gasteiger partial charge in [-0.05, 0) is 72.8 Å². The predicted molar refractivity (Wildman–Crippen MR) is 138 cm³/mol. The van der Waals surface area contributed by atoms with E-state index < -0.39 is 6.04 Å². The fourth-order valence-electron chi connectivity index (χ4n) is 4.60. The minimum atomic E-state index is -0.529. The Morgan fingerprint density at radius 3 is 2.56 bits per heavy atom. The molecule has 1 N–H and O–H groups in total. The highest BCUT2D eigenvalue weighted by atomic mass is 16.3. The third-order valence-corrected chi connectivity index (χ3v) is 6.32. The first-order chi connectivity index (χ1) is 17.3. The lowest BCUT2D eigenvalue weighted by molar-refractivity contribution is 0.171. The van der Waals surface area contributed by atoms with Crippen molar-refractivity contribution in [1.82, 2.24) is 30.1 Å². The van der Waals surface area contributed by atoms with Crippen molar-refractivity contribution >= 4 is 10.9 Å². The lowest BCUT2D eigenvalue weighted by Crippen LogP contribution is -2.37. The topological polar surface area (TPSA) is 92.8 Å². The number of nitrogens with one attached hydrogen (secondary N) is 1. The van der Waals surface area contributed by atoms with Gasteiger partial charge >= 0.3 is 0 Å². The number of para-hydroxylation sites is 1. The van der Waals surface area contributed by atoms with Gasteiger partial charge in [-0.3, -0.25) is 9.69 Å². The van der Waals surface area contributed by atoms with Crippen molar-refractivity contribution in [2.24, 2.45) is 0 Å². The number of benzene rings is 2. The van der Waals surface area contributed by atoms with Crippen LogP contribution in [0.25, 0.3) is 10.9 Å². The van der Waals surface area contributed by atoms with E-state index in [-0.39, 0.29) is 11.1 Å². The number of rotatable bonds is 7. The Kier molecular flexibility index (Phi) is 6.28. The summed E-state index contributed by atoms with van der Waals surface area (Å²) in [4.78, 5) is 19.0. The van der Waals surface area contributed by atoms with Crippen LogP contribution in [-0.2, 0) is 18.6 Å². The van der Waals surface area contributed by atoms with Crippen LogP contribution >= 0.6 is 0 Å². The van der Waals surface area contributed by atoms with Crippen LogP contribution in [0, 0.1) is 6.92 Å². The number of hydrogen-bond donors (Lipinski definition) is 1. The molecule has 8 nitrogen and oxygen atoms in total. The van der Waals surface area contributed by atoms with E-state index in [4.69, 9.17) is 4.42 Å². The van der Waals surface area contributed by atoms with Crippen molar-refractivity contribution in [2.75, 3.05) is 0 Å². The van der Waals surface area contributed by atoms with Gasteiger partial charge in [0.05, 0.1) is 23.9 Å². The Morgan fingerprint density at radius 1 is 1.03 bits per heavy atom. The fourth-order valence-corrected chi connectivity index (χ4v) is 4.60. The van der Waals surface area contributed by atoms with E-state index in [0.717, 1.165) is 27.8 Å². The summed E-state index contributed by atoms with van der Waals surface area (Å²) >= 11 is 0. The summed E-state index contributed by atoms with van der Waals surface area (Å²) < 4.78 is 7.54. The highest BCUT2D eigenvalue weighted by Gasteiger charge is 2.34. The molecule has 0 amide bonds. The van der Waals surface area contributed by atoms with Gasteiger partial charge in [0, 0.05) is 12.1 Å². The molecule has 0 fully saturated rings. The van der Waals surface area contributed by atoms with E-state index >= 15 is 0 Å². The number of nitrogens with zero attached hydrogens (tertiary/aromatic N) is 5. The Balaban J connectivity index is 1.73. The number of aryl methyl sites for hydroxylation is 1. The number of tetrazole rings is 1. The van der Waals surface area contributed by atoms with Crippen LogP contribution in [-0.4, -0.2) is 30.1 Å². The zero-order chi connectivity index (χ0) is 25.3. The fraction of sp³-hybridized carbons (Fsp3) is 0.286. The number of aromatic nitrogens is 5. The average Bonchev–Trinajstić information content (AvgIpc) is 3.53. The first kappa shape index (κ1) is 23.7. The zero-order valence-electron chi connectivity index (χ0n) is 21.0. The number of pyridine rings is 1. The molecule has 36 heavy (non-hydrogen) atoms. The molecule has 8 heteroatoms. The molecule has 0 aliphatic heterocycles. The summed E-state index contributed by atoms with van der Waals surface area (Å²) in [6.45, 7) is 9.17. The molecule has 184 valence electrons. The minimum Gasteiger partial charge on any atom is -0.468 e. The molecule has 0 saturated carbocycles. The number of fused-ring (bicyclic) bond motifs is 1. The highest BCUT2D eigenvalue weighted by molar-refractivity contribution is 5.82. The molecule has 0 bridgehead atoms. The predicted octanol–water partition coefficient (Wildman–Crippen LogP) is 4.96. The van der Waals surface area contributed by atoms with Gasteiger partial charge in [0.25, 0.3) is 5.56 Å². The standard InChI is InChI=1S/C28H30N6O2/c1-19-10-8-13-21-16-23(27(35)29-24(19)21)25(26-30-31-32-34(26)28(2,3)4)33(18-22-14-9-15-36-22)17-20-11-6-5-7-12-20/h5-16,25H,17-18H2,1-4H3,(H,29,35). The van der Waals surface area contributed by atoms with E-state index in [9.17, 15) is 4.79 Å². The van der Waals surface area contributed by atoms with E-state index in [1.807, 2.05) is 82.3 Å². The maximum absolute atomic E-state index is 13.7. The normalized spacial score (nSPS) is 12.9. The molecular formula is C28H30N6O2. The zero-order valence-corrected chi connectivity index (χ0v) is 21.0. The van der Waals surface area contributed by atoms with Crippen molar-refractivity contribution in [3.8, 4) is 0 Å². The van der Waals surface area contributed by atoms with Crippen LogP contribution < -0.4 is 5.56 Å². The molecule has 5 rings (SSSR count). The monoisotopic (exact) mass is 482 g/mol. The molecule has 0 aliphatic carbocycles. The van der Waals surface area contributed by atoms with Crippen LogP contribution in [0.4, 0.5) is 0 Å². The van der Waals surface area contributed by atoms with Crippen LogP contribution in [0.1, 0.15) is 55.1 Å². The van der Waals surface area contributed by atoms with Gasteiger partial charge in [-0.15, -0.1) is 5.10 Å². The maximum Gasteiger partial charge on any atom is 0.253 e. The number of furan rings is 1. The van der Waals surface area contributed by atoms with Crippen molar-refractivity contribution in [3.05, 3.63) is 112 Å². The van der Waals surface area contributed by atoms with Crippen molar-refractivity contribution in [3.63, 3.8) is 0 Å². The molecule has 0 spiro atoms. The van der Waals surface area contributed by atoms with Crippen molar-refractivity contribution in [1.29, 1.82) is 0 Å². The second kappa shape index (κ2) is 9.54. The number of aromatic amines is 1. The third-order valence-electron chi connectivity index (χ3n) is 6.32. The first-order valence-corrected chi connectivity index (χ1v) is 12.0. The quantitative estimate of drug-likeness (QED) is 0.352. The lowest BCUT2D eigenvalue weighted by Gasteiger charge is -2.32. The minimum absolute atomic E-state index is 0.164. The van der Waals surface area contributed by atoms with Crippen LogP contribution in [0.2, 0.25) is 0 Å². The SMILES string of the molecule is Cc1cccc2cc(C(c3nnnn3C(C)(C)C)N(Cc3ccccc3)Cc3ccco3)c(=O)[nH]c12. The smallest absolute Gasteiger partial charge is 0.253 e. The van der Waals surface area contributed by atoms with Crippen LogP contribution in [0.5, 0.6) is 0 Å². The molecule has 0 saturated heterocycles. The molecular weight excluding hydrogens is 452 g/mol. The van der Waals surface area contributed by atoms with Crippen LogP contribution in [0.3, 0.4) is 0 Å². The molecule has 3 heterocycles. The summed E-state index contributed by atoms with van der Waals surface area (Å²) in [5, 5.41) is 13.8. The summed E-state index contributed by atoms with van der Waals surface area (Å²) in [6, 6.07) is 21.4. The Hall–Kier alpha value is -4.04.